The molecule has 0 aliphatic carbocycles. The van der Waals surface area contributed by atoms with Crippen molar-refractivity contribution in [1.82, 2.24) is 0 Å². The fraction of sp³-hybridized carbons (Fsp3) is 1.00. The van der Waals surface area contributed by atoms with Crippen molar-refractivity contribution < 1.29 is 0 Å². The number of rotatable bonds is 5. The highest BCUT2D eigenvalue weighted by Crippen LogP contribution is 2.18. The van der Waals surface area contributed by atoms with Crippen LogP contribution in [-0.2, 0) is 0 Å². The third-order valence-electron chi connectivity index (χ3n) is 1.30. The number of hydrogen-bond donors (Lipinski definition) is 0. The van der Waals surface area contributed by atoms with Crippen LogP contribution in [-0.4, -0.2) is 10.2 Å². The Morgan fingerprint density at radius 1 is 1.20 bits per heavy atom. The van der Waals surface area contributed by atoms with Crippen molar-refractivity contribution in [1.29, 1.82) is 0 Å². The molecule has 0 bridgehead atoms. The van der Waals surface area contributed by atoms with E-state index in [1.807, 2.05) is 0 Å². The van der Waals surface area contributed by atoms with E-state index in [1.54, 1.807) is 0 Å². The highest BCUT2D eigenvalue weighted by atomic mass is 35.5. The molecule has 1 atom stereocenters. The molecule has 62 valence electrons. The van der Waals surface area contributed by atoms with Gasteiger partial charge in [-0.2, -0.15) is 0 Å². The quantitative estimate of drug-likeness (QED) is 0.593. The molecule has 0 aromatic heterocycles. The van der Waals surface area contributed by atoms with Crippen LogP contribution < -0.4 is 0 Å². The lowest BCUT2D eigenvalue weighted by molar-refractivity contribution is 0.657. The zero-order valence-electron chi connectivity index (χ0n) is 6.12. The lowest BCUT2D eigenvalue weighted by atomic mass is 10.2. The molecule has 0 saturated heterocycles. The summed E-state index contributed by atoms with van der Waals surface area (Å²) in [6.45, 7) is 2.14. The van der Waals surface area contributed by atoms with Crippen LogP contribution in [0.15, 0.2) is 0 Å². The third kappa shape index (κ3) is 6.98. The SMILES string of the molecule is CCCCC(Cl)CC(Cl)Cl. The summed E-state index contributed by atoms with van der Waals surface area (Å²) >= 11 is 17.0. The van der Waals surface area contributed by atoms with E-state index in [0.717, 1.165) is 12.8 Å². The molecule has 0 nitrogen and oxygen atoms in total. The van der Waals surface area contributed by atoms with Crippen molar-refractivity contribution in [3.63, 3.8) is 0 Å². The zero-order valence-corrected chi connectivity index (χ0v) is 8.38. The molecule has 0 heterocycles. The Balaban J connectivity index is 3.16. The maximum atomic E-state index is 5.89. The lowest BCUT2D eigenvalue weighted by Crippen LogP contribution is -2.02. The van der Waals surface area contributed by atoms with Gasteiger partial charge in [-0.1, -0.05) is 19.8 Å². The molecule has 1 unspecified atom stereocenters. The standard InChI is InChI=1S/C7H13Cl3/c1-2-3-4-6(8)5-7(9)10/h6-7H,2-5H2,1H3. The molecule has 0 aliphatic rings. The van der Waals surface area contributed by atoms with Gasteiger partial charge in [0.25, 0.3) is 0 Å². The fourth-order valence-corrected chi connectivity index (χ4v) is 1.68. The second kappa shape index (κ2) is 6.57. The van der Waals surface area contributed by atoms with Crippen molar-refractivity contribution in [3.05, 3.63) is 0 Å². The first kappa shape index (κ1) is 10.9. The van der Waals surface area contributed by atoms with Crippen LogP contribution in [0.4, 0.5) is 0 Å². The molecule has 0 fully saturated rings. The van der Waals surface area contributed by atoms with Gasteiger partial charge in [-0.05, 0) is 12.8 Å². The van der Waals surface area contributed by atoms with Crippen molar-refractivity contribution in [3.8, 4) is 0 Å². The molecule has 10 heavy (non-hydrogen) atoms. The Labute approximate surface area is 77.8 Å². The molecule has 0 spiro atoms. The summed E-state index contributed by atoms with van der Waals surface area (Å²) in [5.41, 5.74) is 0. The normalized spacial score (nSPS) is 14.1. The average molecular weight is 204 g/mol. The van der Waals surface area contributed by atoms with E-state index in [-0.39, 0.29) is 10.2 Å². The van der Waals surface area contributed by atoms with Crippen molar-refractivity contribution in [2.75, 3.05) is 0 Å². The summed E-state index contributed by atoms with van der Waals surface area (Å²) in [6, 6.07) is 0. The predicted molar refractivity (Wildman–Crippen MR) is 49.3 cm³/mol. The summed E-state index contributed by atoms with van der Waals surface area (Å²) < 4.78 is 0. The van der Waals surface area contributed by atoms with Crippen molar-refractivity contribution in [2.24, 2.45) is 0 Å². The molecule has 0 radical (unpaired) electrons. The van der Waals surface area contributed by atoms with Gasteiger partial charge < -0.3 is 0 Å². The Bertz CT molecular complexity index is 73.3. The van der Waals surface area contributed by atoms with Gasteiger partial charge in [0.15, 0.2) is 0 Å². The summed E-state index contributed by atoms with van der Waals surface area (Å²) in [5.74, 6) is 0. The zero-order chi connectivity index (χ0) is 7.98. The van der Waals surface area contributed by atoms with E-state index in [2.05, 4.69) is 6.92 Å². The molecule has 0 aromatic rings. The van der Waals surface area contributed by atoms with Crippen LogP contribution in [0.25, 0.3) is 0 Å². The fourth-order valence-electron chi connectivity index (χ4n) is 0.737. The van der Waals surface area contributed by atoms with E-state index >= 15 is 0 Å². The predicted octanol–water partition coefficient (Wildman–Crippen LogP) is 3.98. The van der Waals surface area contributed by atoms with E-state index in [1.165, 1.54) is 6.42 Å². The van der Waals surface area contributed by atoms with Gasteiger partial charge in [-0.15, -0.1) is 34.8 Å². The van der Waals surface area contributed by atoms with Gasteiger partial charge in [0.05, 0.1) is 0 Å². The first-order valence-corrected chi connectivity index (χ1v) is 4.90. The average Bonchev–Trinajstić information content (AvgIpc) is 1.82. The van der Waals surface area contributed by atoms with Crippen LogP contribution in [0.1, 0.15) is 32.6 Å². The smallest absolute Gasteiger partial charge is 0.109 e. The van der Waals surface area contributed by atoms with Crippen LogP contribution in [0, 0.1) is 0 Å². The minimum Gasteiger partial charge on any atom is -0.123 e. The molecule has 0 rings (SSSR count). The number of hydrogen-bond acceptors (Lipinski definition) is 0. The molecule has 0 saturated carbocycles. The Morgan fingerprint density at radius 3 is 2.20 bits per heavy atom. The van der Waals surface area contributed by atoms with Gasteiger partial charge in [0, 0.05) is 5.38 Å². The largest absolute Gasteiger partial charge is 0.123 e. The highest BCUT2D eigenvalue weighted by Gasteiger charge is 2.08. The maximum Gasteiger partial charge on any atom is 0.109 e. The van der Waals surface area contributed by atoms with Gasteiger partial charge in [0.2, 0.25) is 0 Å². The van der Waals surface area contributed by atoms with Gasteiger partial charge in [-0.25, -0.2) is 0 Å². The Morgan fingerprint density at radius 2 is 1.80 bits per heavy atom. The van der Waals surface area contributed by atoms with Crippen molar-refractivity contribution >= 4 is 34.8 Å². The van der Waals surface area contributed by atoms with Crippen LogP contribution >= 0.6 is 34.8 Å². The minimum atomic E-state index is -0.306. The molecule has 3 heteroatoms. The van der Waals surface area contributed by atoms with E-state index < -0.39 is 0 Å². The first-order valence-electron chi connectivity index (χ1n) is 3.59. The van der Waals surface area contributed by atoms with Crippen LogP contribution in [0.5, 0.6) is 0 Å². The monoisotopic (exact) mass is 202 g/mol. The van der Waals surface area contributed by atoms with E-state index in [0.29, 0.717) is 6.42 Å². The Hall–Kier alpha value is 0.870. The number of halogens is 3. The van der Waals surface area contributed by atoms with Gasteiger partial charge >= 0.3 is 0 Å². The maximum absolute atomic E-state index is 5.89. The van der Waals surface area contributed by atoms with E-state index in [9.17, 15) is 0 Å². The summed E-state index contributed by atoms with van der Waals surface area (Å²) in [4.78, 5) is -0.306. The number of alkyl halides is 3. The minimum absolute atomic E-state index is 0.153. The Kier molecular flexibility index (Phi) is 7.14. The van der Waals surface area contributed by atoms with Crippen LogP contribution in [0.2, 0.25) is 0 Å². The molecular weight excluding hydrogens is 190 g/mol. The highest BCUT2D eigenvalue weighted by molar-refractivity contribution is 6.44. The second-order valence-corrected chi connectivity index (χ2v) is 4.26. The summed E-state index contributed by atoms with van der Waals surface area (Å²) in [6.07, 6.45) is 4.06. The van der Waals surface area contributed by atoms with Crippen molar-refractivity contribution in [2.45, 2.75) is 42.8 Å². The second-order valence-electron chi connectivity index (χ2n) is 2.37. The van der Waals surface area contributed by atoms with Crippen LogP contribution in [0.3, 0.4) is 0 Å². The molecule has 0 aliphatic heterocycles. The first-order chi connectivity index (χ1) is 4.66. The van der Waals surface area contributed by atoms with Gasteiger partial charge in [0.1, 0.15) is 4.84 Å². The lowest BCUT2D eigenvalue weighted by Gasteiger charge is -2.07. The topological polar surface area (TPSA) is 0 Å². The third-order valence-corrected chi connectivity index (χ3v) is 2.06. The molecule has 0 amide bonds. The van der Waals surface area contributed by atoms with Gasteiger partial charge in [-0.3, -0.25) is 0 Å². The molecule has 0 aromatic carbocycles. The van der Waals surface area contributed by atoms with E-state index in [4.69, 9.17) is 34.8 Å². The summed E-state index contributed by atoms with van der Waals surface area (Å²) in [7, 11) is 0. The molecule has 0 N–H and O–H groups in total. The summed E-state index contributed by atoms with van der Waals surface area (Å²) in [5, 5.41) is 0.153. The number of unbranched alkanes of at least 4 members (excludes halogenated alkanes) is 1. The molecular formula is C7H13Cl3.